The molecule has 0 bridgehead atoms. The second-order valence-corrected chi connectivity index (χ2v) is 5.48. The first-order valence-corrected chi connectivity index (χ1v) is 7.48. The number of anilines is 1. The predicted molar refractivity (Wildman–Crippen MR) is 85.2 cm³/mol. The van der Waals surface area contributed by atoms with Crippen LogP contribution in [0.1, 0.15) is 19.0 Å². The Hall–Kier alpha value is -1.69. The molecular weight excluding hydrogens is 337 g/mol. The van der Waals surface area contributed by atoms with Crippen LogP contribution in [0.3, 0.4) is 0 Å². The van der Waals surface area contributed by atoms with E-state index in [2.05, 4.69) is 31.2 Å². The first kappa shape index (κ1) is 15.7. The van der Waals surface area contributed by atoms with Gasteiger partial charge in [0.25, 0.3) is 0 Å². The smallest absolute Gasteiger partial charge is 0.186 e. The SMILES string of the molecule is CCCNc1nc(-c2cc(Br)ccc2OC)nc(C)c1F. The number of rotatable bonds is 5. The number of methoxy groups -OCH3 is 1. The zero-order chi connectivity index (χ0) is 15.4. The average Bonchev–Trinajstić information content (AvgIpc) is 2.48. The van der Waals surface area contributed by atoms with Gasteiger partial charge in [-0.05, 0) is 31.5 Å². The minimum Gasteiger partial charge on any atom is -0.496 e. The first-order valence-electron chi connectivity index (χ1n) is 6.68. The molecule has 21 heavy (non-hydrogen) atoms. The minimum atomic E-state index is -0.416. The lowest BCUT2D eigenvalue weighted by molar-refractivity contribution is 0.416. The fourth-order valence-corrected chi connectivity index (χ4v) is 2.26. The number of nitrogens with one attached hydrogen (secondary N) is 1. The molecule has 2 aromatic rings. The molecule has 0 radical (unpaired) electrons. The molecule has 0 atom stereocenters. The highest BCUT2D eigenvalue weighted by Gasteiger charge is 2.15. The van der Waals surface area contributed by atoms with E-state index in [-0.39, 0.29) is 5.82 Å². The number of hydrogen-bond donors (Lipinski definition) is 1. The summed E-state index contributed by atoms with van der Waals surface area (Å²) in [7, 11) is 1.58. The molecular formula is C15H17BrFN3O. The molecule has 2 rings (SSSR count). The number of hydrogen-bond acceptors (Lipinski definition) is 4. The highest BCUT2D eigenvalue weighted by molar-refractivity contribution is 9.10. The molecule has 0 unspecified atom stereocenters. The molecule has 0 saturated carbocycles. The van der Waals surface area contributed by atoms with Crippen LogP contribution in [0.2, 0.25) is 0 Å². The number of nitrogens with zero attached hydrogens (tertiary/aromatic N) is 2. The summed E-state index contributed by atoms with van der Waals surface area (Å²) in [6.07, 6.45) is 0.887. The number of aromatic nitrogens is 2. The largest absolute Gasteiger partial charge is 0.496 e. The number of benzene rings is 1. The maximum atomic E-state index is 14.1. The third-order valence-electron chi connectivity index (χ3n) is 2.96. The van der Waals surface area contributed by atoms with Crippen LogP contribution in [0.15, 0.2) is 22.7 Å². The van der Waals surface area contributed by atoms with Crippen molar-refractivity contribution in [3.8, 4) is 17.1 Å². The molecule has 0 aliphatic rings. The van der Waals surface area contributed by atoms with Gasteiger partial charge in [-0.3, -0.25) is 0 Å². The van der Waals surface area contributed by atoms with Gasteiger partial charge in [0.2, 0.25) is 0 Å². The third kappa shape index (κ3) is 3.50. The summed E-state index contributed by atoms with van der Waals surface area (Å²) in [6.45, 7) is 4.29. The van der Waals surface area contributed by atoms with Gasteiger partial charge in [0.15, 0.2) is 17.5 Å². The average molecular weight is 354 g/mol. The monoisotopic (exact) mass is 353 g/mol. The van der Waals surface area contributed by atoms with Gasteiger partial charge in [0.1, 0.15) is 5.75 Å². The van der Waals surface area contributed by atoms with E-state index in [0.29, 0.717) is 23.8 Å². The van der Waals surface area contributed by atoms with Gasteiger partial charge >= 0.3 is 0 Å². The van der Waals surface area contributed by atoms with Crippen molar-refractivity contribution < 1.29 is 9.13 Å². The zero-order valence-corrected chi connectivity index (χ0v) is 13.8. The summed E-state index contributed by atoms with van der Waals surface area (Å²) < 4.78 is 20.3. The van der Waals surface area contributed by atoms with E-state index in [4.69, 9.17) is 4.74 Å². The standard InChI is InChI=1S/C15H17BrFN3O/c1-4-7-18-15-13(17)9(2)19-14(20-15)11-8-10(16)5-6-12(11)21-3/h5-6,8H,4,7H2,1-3H3,(H,18,19,20). The van der Waals surface area contributed by atoms with Crippen molar-refractivity contribution in [3.63, 3.8) is 0 Å². The molecule has 6 heteroatoms. The summed E-state index contributed by atoms with van der Waals surface area (Å²) in [5.41, 5.74) is 1.02. The van der Waals surface area contributed by atoms with Gasteiger partial charge in [-0.25, -0.2) is 14.4 Å². The second-order valence-electron chi connectivity index (χ2n) is 4.57. The van der Waals surface area contributed by atoms with Crippen LogP contribution in [0.25, 0.3) is 11.4 Å². The van der Waals surface area contributed by atoms with E-state index >= 15 is 0 Å². The van der Waals surface area contributed by atoms with Crippen LogP contribution in [0.4, 0.5) is 10.2 Å². The van der Waals surface area contributed by atoms with E-state index in [1.165, 1.54) is 0 Å². The Morgan fingerprint density at radius 2 is 2.10 bits per heavy atom. The van der Waals surface area contributed by atoms with Crippen molar-refractivity contribution in [2.45, 2.75) is 20.3 Å². The summed E-state index contributed by atoms with van der Waals surface area (Å²) in [4.78, 5) is 8.53. The highest BCUT2D eigenvalue weighted by Crippen LogP contribution is 2.31. The predicted octanol–water partition coefficient (Wildman–Crippen LogP) is 4.18. The van der Waals surface area contributed by atoms with Gasteiger partial charge in [-0.15, -0.1) is 0 Å². The summed E-state index contributed by atoms with van der Waals surface area (Å²) in [6, 6.07) is 5.55. The van der Waals surface area contributed by atoms with E-state index in [1.807, 2.05) is 25.1 Å². The lowest BCUT2D eigenvalue weighted by Crippen LogP contribution is -2.08. The van der Waals surface area contributed by atoms with Crippen LogP contribution in [0, 0.1) is 12.7 Å². The normalized spacial score (nSPS) is 10.5. The highest BCUT2D eigenvalue weighted by atomic mass is 79.9. The van der Waals surface area contributed by atoms with E-state index in [1.54, 1.807) is 14.0 Å². The molecule has 0 spiro atoms. The topological polar surface area (TPSA) is 47.0 Å². The lowest BCUT2D eigenvalue weighted by atomic mass is 10.2. The van der Waals surface area contributed by atoms with E-state index < -0.39 is 5.82 Å². The molecule has 1 aromatic carbocycles. The van der Waals surface area contributed by atoms with Crippen LogP contribution < -0.4 is 10.1 Å². The Morgan fingerprint density at radius 3 is 2.76 bits per heavy atom. The van der Waals surface area contributed by atoms with Crippen molar-refractivity contribution in [1.29, 1.82) is 0 Å². The molecule has 0 fully saturated rings. The molecule has 1 N–H and O–H groups in total. The van der Waals surface area contributed by atoms with Crippen LogP contribution in [-0.2, 0) is 0 Å². The molecule has 0 saturated heterocycles. The van der Waals surface area contributed by atoms with Crippen molar-refractivity contribution in [2.24, 2.45) is 0 Å². The van der Waals surface area contributed by atoms with Gasteiger partial charge in [0, 0.05) is 11.0 Å². The molecule has 1 aromatic heterocycles. The van der Waals surface area contributed by atoms with Crippen molar-refractivity contribution in [1.82, 2.24) is 9.97 Å². The molecule has 112 valence electrons. The lowest BCUT2D eigenvalue weighted by Gasteiger charge is -2.12. The Bertz CT molecular complexity index is 649. The summed E-state index contributed by atoms with van der Waals surface area (Å²) >= 11 is 3.42. The second kappa shape index (κ2) is 6.85. The Morgan fingerprint density at radius 1 is 1.33 bits per heavy atom. The minimum absolute atomic E-state index is 0.223. The summed E-state index contributed by atoms with van der Waals surface area (Å²) in [5.74, 6) is 0.888. The maximum Gasteiger partial charge on any atom is 0.186 e. The first-order chi connectivity index (χ1) is 10.1. The molecule has 0 aliphatic heterocycles. The molecule has 4 nitrogen and oxygen atoms in total. The Labute approximate surface area is 131 Å². The van der Waals surface area contributed by atoms with E-state index in [9.17, 15) is 4.39 Å². The quantitative estimate of drug-likeness (QED) is 0.875. The molecule has 0 aliphatic carbocycles. The number of ether oxygens (including phenoxy) is 1. The number of halogens is 2. The third-order valence-corrected chi connectivity index (χ3v) is 3.45. The van der Waals surface area contributed by atoms with Crippen molar-refractivity contribution in [2.75, 3.05) is 19.0 Å². The molecule has 1 heterocycles. The fraction of sp³-hybridized carbons (Fsp3) is 0.333. The van der Waals surface area contributed by atoms with Gasteiger partial charge in [0.05, 0.1) is 18.4 Å². The molecule has 0 amide bonds. The van der Waals surface area contributed by atoms with E-state index in [0.717, 1.165) is 16.5 Å². The van der Waals surface area contributed by atoms with Crippen LogP contribution in [-0.4, -0.2) is 23.6 Å². The van der Waals surface area contributed by atoms with Crippen molar-refractivity contribution in [3.05, 3.63) is 34.2 Å². The van der Waals surface area contributed by atoms with Crippen LogP contribution in [0.5, 0.6) is 5.75 Å². The van der Waals surface area contributed by atoms with Crippen LogP contribution >= 0.6 is 15.9 Å². The van der Waals surface area contributed by atoms with Gasteiger partial charge in [-0.1, -0.05) is 22.9 Å². The number of aryl methyl sites for hydroxylation is 1. The summed E-state index contributed by atoms with van der Waals surface area (Å²) in [5, 5.41) is 2.99. The maximum absolute atomic E-state index is 14.1. The van der Waals surface area contributed by atoms with Gasteiger partial charge in [-0.2, -0.15) is 0 Å². The fourth-order valence-electron chi connectivity index (χ4n) is 1.90. The Kier molecular flexibility index (Phi) is 5.12. The zero-order valence-electron chi connectivity index (χ0n) is 12.2. The van der Waals surface area contributed by atoms with Crippen molar-refractivity contribution >= 4 is 21.7 Å². The Balaban J connectivity index is 2.53. The van der Waals surface area contributed by atoms with Gasteiger partial charge < -0.3 is 10.1 Å².